The van der Waals surface area contributed by atoms with E-state index in [1.54, 1.807) is 13.8 Å². The number of fused-ring (bicyclic) bond motifs is 1. The molecule has 0 bridgehead atoms. The summed E-state index contributed by atoms with van der Waals surface area (Å²) in [5.41, 5.74) is 6.97. The van der Waals surface area contributed by atoms with Gasteiger partial charge >= 0.3 is 11.9 Å². The maximum atomic E-state index is 12.0. The van der Waals surface area contributed by atoms with E-state index in [2.05, 4.69) is 0 Å². The second-order valence-corrected chi connectivity index (χ2v) is 5.38. The van der Waals surface area contributed by atoms with Gasteiger partial charge in [-0.2, -0.15) is 0 Å². The van der Waals surface area contributed by atoms with Crippen LogP contribution in [0.4, 0.5) is 5.00 Å². The summed E-state index contributed by atoms with van der Waals surface area (Å²) in [5, 5.41) is 0.428. The van der Waals surface area contributed by atoms with Crippen molar-refractivity contribution >= 4 is 28.3 Å². The molecule has 19 heavy (non-hydrogen) atoms. The zero-order chi connectivity index (χ0) is 14.0. The van der Waals surface area contributed by atoms with Crippen molar-refractivity contribution < 1.29 is 19.1 Å². The molecule has 6 heteroatoms. The predicted octanol–water partition coefficient (Wildman–Crippen LogP) is 2.10. The zero-order valence-electron chi connectivity index (χ0n) is 11.0. The molecule has 0 spiro atoms. The first kappa shape index (κ1) is 13.9. The van der Waals surface area contributed by atoms with E-state index in [1.165, 1.54) is 11.3 Å². The molecule has 1 heterocycles. The number of carbonyl (C=O) groups excluding carboxylic acids is 2. The Labute approximate surface area is 115 Å². The average molecular weight is 283 g/mol. The van der Waals surface area contributed by atoms with Gasteiger partial charge < -0.3 is 15.2 Å². The number of nitrogens with two attached hydrogens (primary N) is 1. The van der Waals surface area contributed by atoms with Crippen molar-refractivity contribution in [3.8, 4) is 0 Å². The van der Waals surface area contributed by atoms with Crippen molar-refractivity contribution in [2.24, 2.45) is 0 Å². The maximum absolute atomic E-state index is 12.0. The molecular weight excluding hydrogens is 266 g/mol. The summed E-state index contributed by atoms with van der Waals surface area (Å²) in [6.07, 6.45) is 1.43. The van der Waals surface area contributed by atoms with Gasteiger partial charge in [-0.25, -0.2) is 4.79 Å². The fourth-order valence-electron chi connectivity index (χ4n) is 2.38. The smallest absolute Gasteiger partial charge is 0.341 e. The number of hydrogen-bond donors (Lipinski definition) is 1. The minimum absolute atomic E-state index is 0.285. The van der Waals surface area contributed by atoms with E-state index in [0.29, 0.717) is 23.6 Å². The van der Waals surface area contributed by atoms with Gasteiger partial charge in [-0.1, -0.05) is 0 Å². The highest BCUT2D eigenvalue weighted by Gasteiger charge is 2.37. The average Bonchev–Trinajstić information content (AvgIpc) is 2.86. The first-order chi connectivity index (χ1) is 9.10. The van der Waals surface area contributed by atoms with Crippen LogP contribution in [0, 0.1) is 0 Å². The zero-order valence-corrected chi connectivity index (χ0v) is 11.8. The van der Waals surface area contributed by atoms with Crippen LogP contribution >= 0.6 is 11.3 Å². The van der Waals surface area contributed by atoms with Gasteiger partial charge in [-0.15, -0.1) is 11.3 Å². The summed E-state index contributed by atoms with van der Waals surface area (Å²) in [5.74, 6) is -1.12. The SMILES string of the molecule is CCOC(=O)c1c(N)sc2c1[C@H](C(=O)OCC)CC2. The molecule has 2 N–H and O–H groups in total. The van der Waals surface area contributed by atoms with Crippen molar-refractivity contribution in [2.75, 3.05) is 18.9 Å². The van der Waals surface area contributed by atoms with Gasteiger partial charge in [0, 0.05) is 4.88 Å². The van der Waals surface area contributed by atoms with Crippen LogP contribution in [0.25, 0.3) is 0 Å². The topological polar surface area (TPSA) is 78.6 Å². The molecule has 0 amide bonds. The van der Waals surface area contributed by atoms with Gasteiger partial charge in [0.15, 0.2) is 0 Å². The molecule has 104 valence electrons. The van der Waals surface area contributed by atoms with Crippen molar-refractivity contribution in [1.29, 1.82) is 0 Å². The number of ether oxygens (including phenoxy) is 2. The van der Waals surface area contributed by atoms with Gasteiger partial charge in [0.2, 0.25) is 0 Å². The van der Waals surface area contributed by atoms with Crippen LogP contribution in [0.15, 0.2) is 0 Å². The number of thiophene rings is 1. The minimum Gasteiger partial charge on any atom is -0.466 e. The van der Waals surface area contributed by atoms with E-state index in [1.807, 2.05) is 0 Å². The van der Waals surface area contributed by atoms with Crippen LogP contribution < -0.4 is 5.73 Å². The molecule has 0 aromatic carbocycles. The summed E-state index contributed by atoms with van der Waals surface area (Å²) in [6.45, 7) is 4.12. The Hall–Kier alpha value is -1.56. The van der Waals surface area contributed by atoms with Crippen molar-refractivity contribution in [2.45, 2.75) is 32.6 Å². The summed E-state index contributed by atoms with van der Waals surface area (Å²) < 4.78 is 10.1. The van der Waals surface area contributed by atoms with E-state index in [4.69, 9.17) is 15.2 Å². The highest BCUT2D eigenvalue weighted by molar-refractivity contribution is 7.16. The van der Waals surface area contributed by atoms with Gasteiger partial charge in [0.25, 0.3) is 0 Å². The quantitative estimate of drug-likeness (QED) is 0.856. The van der Waals surface area contributed by atoms with Gasteiger partial charge in [0.1, 0.15) is 5.00 Å². The first-order valence-corrected chi connectivity index (χ1v) is 7.16. The Kier molecular flexibility index (Phi) is 4.09. The third-order valence-corrected chi connectivity index (χ3v) is 4.20. The molecule has 0 unspecified atom stereocenters. The normalized spacial score (nSPS) is 17.1. The Morgan fingerprint density at radius 1 is 1.32 bits per heavy atom. The fraction of sp³-hybridized carbons (Fsp3) is 0.538. The fourth-order valence-corrected chi connectivity index (χ4v) is 3.51. The van der Waals surface area contributed by atoms with Crippen LogP contribution in [0.5, 0.6) is 0 Å². The monoisotopic (exact) mass is 283 g/mol. The van der Waals surface area contributed by atoms with Crippen molar-refractivity contribution in [3.05, 3.63) is 16.0 Å². The predicted molar refractivity (Wildman–Crippen MR) is 72.4 cm³/mol. The Balaban J connectivity index is 2.37. The van der Waals surface area contributed by atoms with Crippen LogP contribution in [-0.2, 0) is 20.7 Å². The van der Waals surface area contributed by atoms with Crippen LogP contribution in [0.1, 0.15) is 47.0 Å². The first-order valence-electron chi connectivity index (χ1n) is 6.34. The number of anilines is 1. The summed E-state index contributed by atoms with van der Waals surface area (Å²) in [4.78, 5) is 24.9. The molecule has 1 aliphatic rings. The number of nitrogen functional groups attached to an aromatic ring is 1. The molecule has 1 aliphatic carbocycles. The molecule has 1 aromatic rings. The largest absolute Gasteiger partial charge is 0.466 e. The van der Waals surface area contributed by atoms with E-state index in [9.17, 15) is 9.59 Å². The standard InChI is InChI=1S/C13H17NO4S/c1-3-17-12(15)7-5-6-8-9(7)10(11(14)19-8)13(16)18-4-2/h7H,3-6,14H2,1-2H3/t7-/m1/s1. The van der Waals surface area contributed by atoms with E-state index < -0.39 is 5.97 Å². The molecule has 0 radical (unpaired) electrons. The number of carbonyl (C=O) groups is 2. The molecule has 0 saturated carbocycles. The number of rotatable bonds is 4. The van der Waals surface area contributed by atoms with E-state index >= 15 is 0 Å². The number of aryl methyl sites for hydroxylation is 1. The molecule has 5 nitrogen and oxygen atoms in total. The van der Waals surface area contributed by atoms with E-state index in [-0.39, 0.29) is 18.5 Å². The number of hydrogen-bond acceptors (Lipinski definition) is 6. The highest BCUT2D eigenvalue weighted by Crippen LogP contribution is 2.44. The lowest BCUT2D eigenvalue weighted by molar-refractivity contribution is -0.144. The molecule has 0 saturated heterocycles. The molecule has 1 atom stereocenters. The second kappa shape index (κ2) is 5.61. The second-order valence-electron chi connectivity index (χ2n) is 4.24. The van der Waals surface area contributed by atoms with Gasteiger partial charge in [0.05, 0.1) is 24.7 Å². The molecular formula is C13H17NO4S. The van der Waals surface area contributed by atoms with E-state index in [0.717, 1.165) is 16.9 Å². The Morgan fingerprint density at radius 3 is 2.63 bits per heavy atom. The lowest BCUT2D eigenvalue weighted by Crippen LogP contribution is -2.17. The Bertz CT molecular complexity index is 509. The molecule has 2 rings (SSSR count). The molecule has 0 fully saturated rings. The summed E-state index contributed by atoms with van der Waals surface area (Å²) in [6, 6.07) is 0. The third kappa shape index (κ3) is 2.45. The lowest BCUT2D eigenvalue weighted by Gasteiger charge is -2.11. The summed E-state index contributed by atoms with van der Waals surface area (Å²) >= 11 is 1.37. The Morgan fingerprint density at radius 2 is 2.00 bits per heavy atom. The van der Waals surface area contributed by atoms with Crippen LogP contribution in [0.2, 0.25) is 0 Å². The number of esters is 2. The highest BCUT2D eigenvalue weighted by atomic mass is 32.1. The third-order valence-electron chi connectivity index (χ3n) is 3.11. The lowest BCUT2D eigenvalue weighted by atomic mass is 9.99. The molecule has 1 aromatic heterocycles. The molecule has 0 aliphatic heterocycles. The van der Waals surface area contributed by atoms with Crippen LogP contribution in [0.3, 0.4) is 0 Å². The van der Waals surface area contributed by atoms with Gasteiger partial charge in [-0.05, 0) is 32.3 Å². The van der Waals surface area contributed by atoms with Crippen molar-refractivity contribution in [3.63, 3.8) is 0 Å². The minimum atomic E-state index is -0.450. The summed E-state index contributed by atoms with van der Waals surface area (Å²) in [7, 11) is 0. The van der Waals surface area contributed by atoms with Crippen molar-refractivity contribution in [1.82, 2.24) is 0 Å². The maximum Gasteiger partial charge on any atom is 0.341 e. The van der Waals surface area contributed by atoms with Crippen LogP contribution in [-0.4, -0.2) is 25.2 Å². The van der Waals surface area contributed by atoms with Gasteiger partial charge in [-0.3, -0.25) is 4.79 Å².